The van der Waals surface area contributed by atoms with Crippen molar-refractivity contribution in [2.75, 3.05) is 11.1 Å². The molecule has 1 aliphatic rings. The van der Waals surface area contributed by atoms with Gasteiger partial charge < -0.3 is 11.1 Å². The number of nitrogen functional groups attached to an aromatic ring is 1. The number of benzene rings is 1. The van der Waals surface area contributed by atoms with E-state index in [0.717, 1.165) is 30.0 Å². The SMILES string of the molecule is Cc1nc(NC2Cc3ccccc3C2)ccc1N. The fourth-order valence-electron chi connectivity index (χ4n) is 2.52. The summed E-state index contributed by atoms with van der Waals surface area (Å²) in [5.41, 5.74) is 10.3. The first-order valence-corrected chi connectivity index (χ1v) is 6.29. The van der Waals surface area contributed by atoms with Crippen LogP contribution >= 0.6 is 0 Å². The molecule has 0 saturated heterocycles. The molecule has 1 aromatic carbocycles. The minimum atomic E-state index is 0.443. The molecule has 0 spiro atoms. The van der Waals surface area contributed by atoms with Gasteiger partial charge in [0.1, 0.15) is 5.82 Å². The van der Waals surface area contributed by atoms with Crippen molar-refractivity contribution >= 4 is 11.5 Å². The Morgan fingerprint density at radius 3 is 2.39 bits per heavy atom. The molecule has 3 rings (SSSR count). The molecule has 92 valence electrons. The highest BCUT2D eigenvalue weighted by molar-refractivity contribution is 5.50. The summed E-state index contributed by atoms with van der Waals surface area (Å²) in [7, 11) is 0. The number of hydrogen-bond acceptors (Lipinski definition) is 3. The summed E-state index contributed by atoms with van der Waals surface area (Å²) in [5, 5.41) is 3.49. The van der Waals surface area contributed by atoms with Gasteiger partial charge in [-0.2, -0.15) is 0 Å². The van der Waals surface area contributed by atoms with E-state index in [4.69, 9.17) is 5.73 Å². The molecule has 2 aromatic rings. The van der Waals surface area contributed by atoms with Crippen LogP contribution in [0.3, 0.4) is 0 Å². The van der Waals surface area contributed by atoms with E-state index in [1.807, 2.05) is 19.1 Å². The summed E-state index contributed by atoms with van der Waals surface area (Å²) in [4.78, 5) is 4.46. The lowest BCUT2D eigenvalue weighted by atomic mass is 10.1. The van der Waals surface area contributed by atoms with Gasteiger partial charge in [-0.15, -0.1) is 0 Å². The van der Waals surface area contributed by atoms with Crippen LogP contribution in [0.1, 0.15) is 16.8 Å². The van der Waals surface area contributed by atoms with Crippen LogP contribution < -0.4 is 11.1 Å². The zero-order valence-corrected chi connectivity index (χ0v) is 10.5. The summed E-state index contributed by atoms with van der Waals surface area (Å²) < 4.78 is 0. The van der Waals surface area contributed by atoms with Gasteiger partial charge in [0.15, 0.2) is 0 Å². The Morgan fingerprint density at radius 2 is 1.78 bits per heavy atom. The maximum atomic E-state index is 5.78. The van der Waals surface area contributed by atoms with E-state index in [2.05, 4.69) is 34.6 Å². The number of rotatable bonds is 2. The Hall–Kier alpha value is -2.03. The monoisotopic (exact) mass is 239 g/mol. The highest BCUT2D eigenvalue weighted by atomic mass is 15.0. The lowest BCUT2D eigenvalue weighted by Crippen LogP contribution is -2.20. The third-order valence-electron chi connectivity index (χ3n) is 3.53. The number of aryl methyl sites for hydroxylation is 1. The zero-order valence-electron chi connectivity index (χ0n) is 10.5. The Labute approximate surface area is 107 Å². The van der Waals surface area contributed by atoms with Gasteiger partial charge in [0, 0.05) is 6.04 Å². The van der Waals surface area contributed by atoms with Crippen LogP contribution in [0.4, 0.5) is 11.5 Å². The molecule has 0 fully saturated rings. The molecule has 3 heteroatoms. The predicted molar refractivity (Wildman–Crippen MR) is 74.6 cm³/mol. The van der Waals surface area contributed by atoms with Crippen LogP contribution in [-0.2, 0) is 12.8 Å². The van der Waals surface area contributed by atoms with Crippen LogP contribution in [0, 0.1) is 6.92 Å². The first-order chi connectivity index (χ1) is 8.72. The standard InChI is InChI=1S/C15H17N3/c1-10-14(16)6-7-15(17-10)18-13-8-11-4-2-3-5-12(11)9-13/h2-7,13H,8-9,16H2,1H3,(H,17,18). The minimum absolute atomic E-state index is 0.443. The highest BCUT2D eigenvalue weighted by Gasteiger charge is 2.20. The van der Waals surface area contributed by atoms with Gasteiger partial charge in [-0.1, -0.05) is 24.3 Å². The second-order valence-electron chi connectivity index (χ2n) is 4.89. The Balaban J connectivity index is 1.74. The quantitative estimate of drug-likeness (QED) is 0.846. The molecule has 18 heavy (non-hydrogen) atoms. The van der Waals surface area contributed by atoms with Gasteiger partial charge in [0.2, 0.25) is 0 Å². The molecule has 0 radical (unpaired) electrons. The molecule has 1 heterocycles. The van der Waals surface area contributed by atoms with E-state index in [0.29, 0.717) is 6.04 Å². The Kier molecular flexibility index (Phi) is 2.67. The number of hydrogen-bond donors (Lipinski definition) is 2. The van der Waals surface area contributed by atoms with Gasteiger partial charge in [0.25, 0.3) is 0 Å². The molecule has 0 atom stereocenters. The van der Waals surface area contributed by atoms with E-state index >= 15 is 0 Å². The van der Waals surface area contributed by atoms with E-state index in [1.165, 1.54) is 11.1 Å². The van der Waals surface area contributed by atoms with Crippen LogP contribution in [0.25, 0.3) is 0 Å². The number of nitrogens with two attached hydrogens (primary N) is 1. The highest BCUT2D eigenvalue weighted by Crippen LogP contribution is 2.24. The molecule has 0 amide bonds. The summed E-state index contributed by atoms with van der Waals surface area (Å²) in [6.45, 7) is 1.93. The van der Waals surface area contributed by atoms with Gasteiger partial charge in [-0.3, -0.25) is 0 Å². The van der Waals surface area contributed by atoms with Gasteiger partial charge in [-0.05, 0) is 43.0 Å². The van der Waals surface area contributed by atoms with Crippen LogP contribution in [0.5, 0.6) is 0 Å². The van der Waals surface area contributed by atoms with Crippen molar-refractivity contribution in [3.63, 3.8) is 0 Å². The zero-order chi connectivity index (χ0) is 12.5. The molecule has 0 saturated carbocycles. The second kappa shape index (κ2) is 4.33. The van der Waals surface area contributed by atoms with Crippen molar-refractivity contribution in [1.29, 1.82) is 0 Å². The fourth-order valence-corrected chi connectivity index (χ4v) is 2.52. The summed E-state index contributed by atoms with van der Waals surface area (Å²) in [5.74, 6) is 0.916. The molecule has 3 N–H and O–H groups in total. The molecule has 3 nitrogen and oxygen atoms in total. The van der Waals surface area contributed by atoms with E-state index in [9.17, 15) is 0 Å². The Morgan fingerprint density at radius 1 is 1.11 bits per heavy atom. The summed E-state index contributed by atoms with van der Waals surface area (Å²) in [6.07, 6.45) is 2.14. The summed E-state index contributed by atoms with van der Waals surface area (Å²) >= 11 is 0. The lowest BCUT2D eigenvalue weighted by Gasteiger charge is -2.13. The van der Waals surface area contributed by atoms with Gasteiger partial charge in [0.05, 0.1) is 11.4 Å². The van der Waals surface area contributed by atoms with Crippen molar-refractivity contribution in [1.82, 2.24) is 4.98 Å². The van der Waals surface area contributed by atoms with Crippen molar-refractivity contribution in [3.8, 4) is 0 Å². The van der Waals surface area contributed by atoms with Crippen molar-refractivity contribution in [2.24, 2.45) is 0 Å². The molecule has 1 aliphatic carbocycles. The average molecular weight is 239 g/mol. The predicted octanol–water partition coefficient (Wildman–Crippen LogP) is 2.55. The van der Waals surface area contributed by atoms with E-state index in [-0.39, 0.29) is 0 Å². The third kappa shape index (κ3) is 2.04. The maximum absolute atomic E-state index is 5.78. The number of nitrogens with zero attached hydrogens (tertiary/aromatic N) is 1. The number of anilines is 2. The van der Waals surface area contributed by atoms with E-state index in [1.54, 1.807) is 0 Å². The first kappa shape index (κ1) is 11.1. The van der Waals surface area contributed by atoms with Crippen molar-refractivity contribution in [2.45, 2.75) is 25.8 Å². The number of aromatic nitrogens is 1. The maximum Gasteiger partial charge on any atom is 0.126 e. The smallest absolute Gasteiger partial charge is 0.126 e. The Bertz CT molecular complexity index is 553. The van der Waals surface area contributed by atoms with Gasteiger partial charge in [-0.25, -0.2) is 4.98 Å². The number of nitrogens with one attached hydrogen (secondary N) is 1. The second-order valence-corrected chi connectivity index (χ2v) is 4.89. The average Bonchev–Trinajstić information content (AvgIpc) is 2.76. The first-order valence-electron chi connectivity index (χ1n) is 6.29. The molecular formula is C15H17N3. The van der Waals surface area contributed by atoms with Crippen LogP contribution in [0.15, 0.2) is 36.4 Å². The molecule has 0 bridgehead atoms. The fraction of sp³-hybridized carbons (Fsp3) is 0.267. The molecule has 0 unspecified atom stereocenters. The minimum Gasteiger partial charge on any atom is -0.397 e. The third-order valence-corrected chi connectivity index (χ3v) is 3.53. The molecular weight excluding hydrogens is 222 g/mol. The summed E-state index contributed by atoms with van der Waals surface area (Å²) in [6, 6.07) is 12.9. The van der Waals surface area contributed by atoms with Gasteiger partial charge >= 0.3 is 0 Å². The van der Waals surface area contributed by atoms with Crippen LogP contribution in [-0.4, -0.2) is 11.0 Å². The number of fused-ring (bicyclic) bond motifs is 1. The van der Waals surface area contributed by atoms with Crippen molar-refractivity contribution < 1.29 is 0 Å². The molecule has 1 aromatic heterocycles. The number of pyridine rings is 1. The molecule has 0 aliphatic heterocycles. The largest absolute Gasteiger partial charge is 0.397 e. The van der Waals surface area contributed by atoms with E-state index < -0.39 is 0 Å². The normalized spacial score (nSPS) is 14.5. The lowest BCUT2D eigenvalue weighted by molar-refractivity contribution is 0.768. The van der Waals surface area contributed by atoms with Crippen LogP contribution in [0.2, 0.25) is 0 Å². The van der Waals surface area contributed by atoms with Crippen molar-refractivity contribution in [3.05, 3.63) is 53.2 Å². The topological polar surface area (TPSA) is 50.9 Å².